The van der Waals surface area contributed by atoms with Gasteiger partial charge in [-0.3, -0.25) is 14.6 Å². The minimum absolute atomic E-state index is 0.149. The molecule has 1 atom stereocenters. The fourth-order valence-electron chi connectivity index (χ4n) is 3.30. The van der Waals surface area contributed by atoms with Crippen molar-refractivity contribution >= 4 is 11.8 Å². The number of carbonyl (C=O) groups excluding carboxylic acids is 2. The molecule has 1 unspecified atom stereocenters. The van der Waals surface area contributed by atoms with Gasteiger partial charge in [-0.2, -0.15) is 0 Å². The van der Waals surface area contributed by atoms with E-state index in [0.717, 1.165) is 0 Å². The second-order valence-electron chi connectivity index (χ2n) is 7.16. The molecule has 0 spiro atoms. The summed E-state index contributed by atoms with van der Waals surface area (Å²) in [5, 5.41) is 18.8. The Hall–Kier alpha value is -3.00. The van der Waals surface area contributed by atoms with Crippen molar-refractivity contribution in [1.29, 1.82) is 0 Å². The highest BCUT2D eigenvalue weighted by atomic mass is 19.1. The quantitative estimate of drug-likeness (QED) is 0.835. The molecule has 1 aliphatic rings. The van der Waals surface area contributed by atoms with E-state index >= 15 is 4.39 Å². The van der Waals surface area contributed by atoms with Crippen molar-refractivity contribution in [3.63, 3.8) is 0 Å². The number of alkyl halides is 1. The predicted molar refractivity (Wildman–Crippen MR) is 99.6 cm³/mol. The van der Waals surface area contributed by atoms with E-state index in [1.165, 1.54) is 35.2 Å². The topological polar surface area (TPSA) is 94.0 Å². The van der Waals surface area contributed by atoms with Crippen LogP contribution in [0.25, 0.3) is 0 Å². The highest BCUT2D eigenvalue weighted by molar-refractivity contribution is 5.95. The fourth-order valence-corrected chi connectivity index (χ4v) is 3.30. The Labute approximate surface area is 162 Å². The van der Waals surface area contributed by atoms with E-state index in [4.69, 9.17) is 0 Å². The lowest BCUT2D eigenvalue weighted by Gasteiger charge is -2.27. The number of halogens is 1. The Balaban J connectivity index is 1.79. The van der Waals surface area contributed by atoms with Crippen molar-refractivity contribution in [2.24, 2.45) is 0 Å². The number of pyridine rings is 1. The number of aliphatic hydroxyl groups is 1. The van der Waals surface area contributed by atoms with Gasteiger partial charge >= 0.3 is 0 Å². The summed E-state index contributed by atoms with van der Waals surface area (Å²) >= 11 is 0. The molecule has 2 N–H and O–H groups in total. The third kappa shape index (κ3) is 4.45. The van der Waals surface area contributed by atoms with E-state index in [2.05, 4.69) is 4.98 Å². The summed E-state index contributed by atoms with van der Waals surface area (Å²) < 4.78 is 15.1. The molecule has 28 heavy (non-hydrogen) atoms. The molecule has 8 heteroatoms. The fraction of sp³-hybridized carbons (Fsp3) is 0.350. The van der Waals surface area contributed by atoms with Gasteiger partial charge in [-0.1, -0.05) is 12.1 Å². The average molecular weight is 387 g/mol. The maximum absolute atomic E-state index is 15.1. The van der Waals surface area contributed by atoms with E-state index in [0.29, 0.717) is 11.1 Å². The summed E-state index contributed by atoms with van der Waals surface area (Å²) in [4.78, 5) is 32.0. The normalized spacial score (nSPS) is 20.0. The number of benzene rings is 1. The van der Waals surface area contributed by atoms with Crippen LogP contribution in [-0.2, 0) is 6.61 Å². The number of carbonyl (C=O) groups is 2. The van der Waals surface area contributed by atoms with Crippen molar-refractivity contribution in [3.05, 3.63) is 59.4 Å². The molecule has 7 nitrogen and oxygen atoms in total. The van der Waals surface area contributed by atoms with Crippen LogP contribution in [0.1, 0.15) is 33.2 Å². The molecule has 0 saturated carbocycles. The highest BCUT2D eigenvalue weighted by Crippen LogP contribution is 2.22. The molecule has 2 heterocycles. The van der Waals surface area contributed by atoms with E-state index in [1.807, 2.05) is 0 Å². The first-order valence-electron chi connectivity index (χ1n) is 8.90. The molecular formula is C20H22FN3O4. The molecule has 1 aromatic carbocycles. The molecule has 2 aromatic rings. The Morgan fingerprint density at radius 2 is 1.75 bits per heavy atom. The molecule has 1 aliphatic heterocycles. The Bertz CT molecular complexity index is 887. The maximum Gasteiger partial charge on any atom is 0.255 e. The highest BCUT2D eigenvalue weighted by Gasteiger charge is 2.36. The van der Waals surface area contributed by atoms with E-state index in [1.54, 1.807) is 24.3 Å². The van der Waals surface area contributed by atoms with Gasteiger partial charge in [-0.15, -0.1) is 0 Å². The Kier molecular flexibility index (Phi) is 5.60. The number of amides is 2. The first kappa shape index (κ1) is 19.8. The summed E-state index contributed by atoms with van der Waals surface area (Å²) in [6, 6.07) is 7.82. The summed E-state index contributed by atoms with van der Waals surface area (Å²) in [7, 11) is 0. The Morgan fingerprint density at radius 3 is 2.36 bits per heavy atom. The van der Waals surface area contributed by atoms with Crippen LogP contribution in [-0.4, -0.2) is 68.7 Å². The van der Waals surface area contributed by atoms with Crippen molar-refractivity contribution in [2.45, 2.75) is 19.2 Å². The van der Waals surface area contributed by atoms with Crippen molar-refractivity contribution in [2.75, 3.05) is 26.2 Å². The molecule has 1 aromatic heterocycles. The zero-order chi connectivity index (χ0) is 20.3. The number of aliphatic hydroxyl groups excluding tert-OH is 1. The van der Waals surface area contributed by atoms with Gasteiger partial charge < -0.3 is 20.0 Å². The van der Waals surface area contributed by atoms with Gasteiger partial charge in [0.25, 0.3) is 11.8 Å². The van der Waals surface area contributed by atoms with Gasteiger partial charge in [0.1, 0.15) is 11.4 Å². The summed E-state index contributed by atoms with van der Waals surface area (Å²) in [5.41, 5.74) is -0.692. The van der Waals surface area contributed by atoms with Crippen LogP contribution >= 0.6 is 0 Å². The molecule has 0 aliphatic carbocycles. The molecule has 148 valence electrons. The lowest BCUT2D eigenvalue weighted by atomic mass is 10.1. The standard InChI is InChI=1S/C20H22FN3O4/c1-20(21)12-23(18(27)15-4-2-3-14(7-15)11-25)5-6-24(13-20)19(28)16-8-17(26)10-22-9-16/h2-4,7-10,25-26H,5-6,11-13H2,1H3. The van der Waals surface area contributed by atoms with Crippen molar-refractivity contribution in [3.8, 4) is 5.75 Å². The molecular weight excluding hydrogens is 365 g/mol. The van der Waals surface area contributed by atoms with E-state index in [-0.39, 0.29) is 50.0 Å². The van der Waals surface area contributed by atoms with Gasteiger partial charge in [0.2, 0.25) is 0 Å². The molecule has 1 fully saturated rings. The molecule has 1 saturated heterocycles. The predicted octanol–water partition coefficient (Wildman–Crippen LogP) is 1.61. The second kappa shape index (κ2) is 7.93. The molecule has 2 amide bonds. The first-order chi connectivity index (χ1) is 13.3. The number of aromatic nitrogens is 1. The summed E-state index contributed by atoms with van der Waals surface area (Å²) in [5.74, 6) is -0.958. The van der Waals surface area contributed by atoms with E-state index < -0.39 is 11.6 Å². The summed E-state index contributed by atoms with van der Waals surface area (Å²) in [6.45, 7) is 1.14. The minimum Gasteiger partial charge on any atom is -0.506 e. The maximum atomic E-state index is 15.1. The van der Waals surface area contributed by atoms with Crippen molar-refractivity contribution < 1.29 is 24.2 Å². The van der Waals surface area contributed by atoms with Crippen LogP contribution in [0, 0.1) is 0 Å². The largest absolute Gasteiger partial charge is 0.506 e. The molecule has 0 bridgehead atoms. The van der Waals surface area contributed by atoms with Gasteiger partial charge in [0.05, 0.1) is 31.5 Å². The molecule has 3 rings (SSSR count). The third-order valence-corrected chi connectivity index (χ3v) is 4.58. The number of hydrogen-bond donors (Lipinski definition) is 2. The van der Waals surface area contributed by atoms with Gasteiger partial charge in [0, 0.05) is 24.8 Å². The number of rotatable bonds is 3. The van der Waals surface area contributed by atoms with Crippen LogP contribution in [0.3, 0.4) is 0 Å². The number of hydrogen-bond acceptors (Lipinski definition) is 5. The van der Waals surface area contributed by atoms with Crippen LogP contribution in [0.4, 0.5) is 4.39 Å². The van der Waals surface area contributed by atoms with Gasteiger partial charge in [-0.05, 0) is 30.7 Å². The molecule has 0 radical (unpaired) electrons. The third-order valence-electron chi connectivity index (χ3n) is 4.58. The number of nitrogens with zero attached hydrogens (tertiary/aromatic N) is 3. The monoisotopic (exact) mass is 387 g/mol. The van der Waals surface area contributed by atoms with Crippen molar-refractivity contribution in [1.82, 2.24) is 14.8 Å². The number of aromatic hydroxyl groups is 1. The zero-order valence-corrected chi connectivity index (χ0v) is 15.5. The van der Waals surface area contributed by atoms with Crippen LogP contribution in [0.2, 0.25) is 0 Å². The zero-order valence-electron chi connectivity index (χ0n) is 15.5. The lowest BCUT2D eigenvalue weighted by molar-refractivity contribution is 0.0598. The van der Waals surface area contributed by atoms with E-state index in [9.17, 15) is 19.8 Å². The first-order valence-corrected chi connectivity index (χ1v) is 8.90. The van der Waals surface area contributed by atoms with Crippen LogP contribution in [0.15, 0.2) is 42.7 Å². The average Bonchev–Trinajstić information content (AvgIpc) is 2.84. The SMILES string of the molecule is CC1(F)CN(C(=O)c2cncc(O)c2)CCN(C(=O)c2cccc(CO)c2)C1. The minimum atomic E-state index is -1.80. The van der Waals surface area contributed by atoms with Crippen LogP contribution < -0.4 is 0 Å². The lowest BCUT2D eigenvalue weighted by Crippen LogP contribution is -2.43. The van der Waals surface area contributed by atoms with Gasteiger partial charge in [-0.25, -0.2) is 4.39 Å². The van der Waals surface area contributed by atoms with Crippen LogP contribution in [0.5, 0.6) is 5.75 Å². The smallest absolute Gasteiger partial charge is 0.255 e. The second-order valence-corrected chi connectivity index (χ2v) is 7.16. The summed E-state index contributed by atoms with van der Waals surface area (Å²) in [6.07, 6.45) is 2.52. The Morgan fingerprint density at radius 1 is 1.11 bits per heavy atom. The van der Waals surface area contributed by atoms with Gasteiger partial charge in [0.15, 0.2) is 0 Å².